The van der Waals surface area contributed by atoms with Gasteiger partial charge in [0.15, 0.2) is 0 Å². The molecule has 4 fully saturated rings. The van der Waals surface area contributed by atoms with Gasteiger partial charge < -0.3 is 34.1 Å². The van der Waals surface area contributed by atoms with Crippen molar-refractivity contribution in [3.8, 4) is 22.6 Å². The number of anilines is 1. The fourth-order valence-corrected chi connectivity index (χ4v) is 11.6. The first-order valence-corrected chi connectivity index (χ1v) is 22.9. The van der Waals surface area contributed by atoms with Gasteiger partial charge in [-0.1, -0.05) is 0 Å². The van der Waals surface area contributed by atoms with E-state index in [1.54, 1.807) is 44.0 Å². The molecule has 16 nitrogen and oxygen atoms in total. The minimum absolute atomic E-state index is 0.0918. The standard InChI is InChI=1S/C47H56N8O8S/c1-50(2)24-35-37(62-4)17-29(18-38(35)63-5)34-25-51(3)44(59)33-20-39(64-41(33)34)43(58)48-23-28-21-47(22-28)26-53(27-47)12-6-11-52-13-15-54(16-14-52)30-7-8-31-32(19-30)46(61)55(45(31)60)36-9-10-40(56)49-42(36)57/h7-8,17-20,25,28,36H,6,9-16,21-24,26-27H2,1-5H3,(H,48,58)(H,49,56,57). The molecule has 1 aliphatic carbocycles. The number of nitrogens with zero attached hydrogens (tertiary/aromatic N) is 6. The minimum atomic E-state index is -0.972. The summed E-state index contributed by atoms with van der Waals surface area (Å²) >= 11 is 1.34. The van der Waals surface area contributed by atoms with Crippen LogP contribution >= 0.6 is 11.3 Å². The Kier molecular flexibility index (Phi) is 11.9. The van der Waals surface area contributed by atoms with Gasteiger partial charge in [-0.15, -0.1) is 11.3 Å². The third-order valence-electron chi connectivity index (χ3n) is 13.7. The zero-order valence-electron chi connectivity index (χ0n) is 37.2. The molecule has 0 bridgehead atoms. The number of carbonyl (C=O) groups is 5. The quantitative estimate of drug-likeness (QED) is 0.178. The van der Waals surface area contributed by atoms with Gasteiger partial charge in [0.25, 0.3) is 23.3 Å². The van der Waals surface area contributed by atoms with Crippen LogP contribution < -0.4 is 30.6 Å². The van der Waals surface area contributed by atoms with Gasteiger partial charge >= 0.3 is 0 Å². The molecule has 3 saturated heterocycles. The Bertz CT molecular complexity index is 2570. The number of imide groups is 2. The van der Waals surface area contributed by atoms with Crippen LogP contribution in [0.2, 0.25) is 0 Å². The van der Waals surface area contributed by atoms with Gasteiger partial charge in [-0.05, 0) is 106 Å². The van der Waals surface area contributed by atoms with Gasteiger partial charge in [0.05, 0.1) is 41.2 Å². The second-order valence-corrected chi connectivity index (χ2v) is 19.5. The van der Waals surface area contributed by atoms with E-state index in [2.05, 4.69) is 30.2 Å². The molecular weight excluding hydrogens is 837 g/mol. The number of carbonyl (C=O) groups excluding carboxylic acids is 5. The van der Waals surface area contributed by atoms with E-state index in [9.17, 15) is 28.8 Å². The van der Waals surface area contributed by atoms with Crippen molar-refractivity contribution in [2.45, 2.75) is 44.7 Å². The number of ether oxygens (including phenoxy) is 2. The predicted molar refractivity (Wildman–Crippen MR) is 243 cm³/mol. The molecule has 1 saturated carbocycles. The van der Waals surface area contributed by atoms with Crippen molar-refractivity contribution in [1.29, 1.82) is 0 Å². The second-order valence-electron chi connectivity index (χ2n) is 18.5. The lowest BCUT2D eigenvalue weighted by molar-refractivity contribution is -0.136. The van der Waals surface area contributed by atoms with Crippen LogP contribution in [-0.4, -0.2) is 147 Å². The normalized spacial score (nSPS) is 20.2. The topological polar surface area (TPSA) is 166 Å². The maximum Gasteiger partial charge on any atom is 0.262 e. The summed E-state index contributed by atoms with van der Waals surface area (Å²) in [5.74, 6) is -0.298. The van der Waals surface area contributed by atoms with Crippen molar-refractivity contribution in [3.05, 3.63) is 74.5 Å². The Hall–Kier alpha value is -5.62. The van der Waals surface area contributed by atoms with Gasteiger partial charge in [0, 0.05) is 88.0 Å². The molecule has 5 amide bonds. The molecular formula is C47H56N8O8S. The Morgan fingerprint density at radius 1 is 0.891 bits per heavy atom. The molecule has 5 aliphatic rings. The van der Waals surface area contributed by atoms with E-state index >= 15 is 0 Å². The Morgan fingerprint density at radius 2 is 1.58 bits per heavy atom. The fourth-order valence-electron chi connectivity index (χ4n) is 10.5. The number of aromatic nitrogens is 1. The van der Waals surface area contributed by atoms with Crippen molar-refractivity contribution >= 4 is 56.6 Å². The van der Waals surface area contributed by atoms with Gasteiger partial charge in [-0.3, -0.25) is 43.9 Å². The summed E-state index contributed by atoms with van der Waals surface area (Å²) in [6.07, 6.45) is 5.34. The molecule has 0 radical (unpaired) electrons. The molecule has 6 heterocycles. The number of amides is 5. The van der Waals surface area contributed by atoms with E-state index in [0.717, 1.165) is 104 Å². The van der Waals surface area contributed by atoms with Crippen LogP contribution in [0, 0.1) is 11.3 Å². The zero-order chi connectivity index (χ0) is 45.0. The van der Waals surface area contributed by atoms with E-state index < -0.39 is 29.7 Å². The number of benzene rings is 2. The van der Waals surface area contributed by atoms with Crippen LogP contribution in [0.3, 0.4) is 0 Å². The number of methoxy groups -OCH3 is 2. The monoisotopic (exact) mass is 892 g/mol. The van der Waals surface area contributed by atoms with Crippen LogP contribution in [0.4, 0.5) is 5.69 Å². The molecule has 2 aromatic heterocycles. The highest BCUT2D eigenvalue weighted by molar-refractivity contribution is 7.21. The van der Waals surface area contributed by atoms with Crippen LogP contribution in [-0.2, 0) is 23.2 Å². The van der Waals surface area contributed by atoms with Gasteiger partial charge in [0.1, 0.15) is 17.5 Å². The first-order valence-electron chi connectivity index (χ1n) is 22.1. The number of likely N-dealkylation sites (tertiary alicyclic amines) is 1. The van der Waals surface area contributed by atoms with Gasteiger partial charge in [-0.2, -0.15) is 0 Å². The average Bonchev–Trinajstić information content (AvgIpc) is 3.81. The number of aryl methyl sites for hydroxylation is 1. The molecule has 1 unspecified atom stereocenters. The summed E-state index contributed by atoms with van der Waals surface area (Å²) < 4.78 is 13.9. The predicted octanol–water partition coefficient (Wildman–Crippen LogP) is 3.40. The first kappa shape index (κ1) is 43.6. The highest BCUT2D eigenvalue weighted by atomic mass is 32.1. The summed E-state index contributed by atoms with van der Waals surface area (Å²) in [5, 5.41) is 5.93. The van der Waals surface area contributed by atoms with Crippen molar-refractivity contribution < 1.29 is 33.4 Å². The smallest absolute Gasteiger partial charge is 0.262 e. The summed E-state index contributed by atoms with van der Waals surface area (Å²) in [7, 11) is 8.98. The van der Waals surface area contributed by atoms with Crippen LogP contribution in [0.25, 0.3) is 21.2 Å². The Labute approximate surface area is 376 Å². The maximum atomic E-state index is 13.5. The number of rotatable bonds is 14. The van der Waals surface area contributed by atoms with Crippen molar-refractivity contribution in [2.24, 2.45) is 18.4 Å². The molecule has 2 N–H and O–H groups in total. The van der Waals surface area contributed by atoms with Crippen molar-refractivity contribution in [1.82, 2.24) is 34.8 Å². The largest absolute Gasteiger partial charge is 0.496 e. The maximum absolute atomic E-state index is 13.5. The van der Waals surface area contributed by atoms with E-state index in [-0.39, 0.29) is 24.3 Å². The van der Waals surface area contributed by atoms with E-state index in [1.807, 2.05) is 38.5 Å². The highest BCUT2D eigenvalue weighted by Gasteiger charge is 2.51. The zero-order valence-corrected chi connectivity index (χ0v) is 38.0. The number of thiophene rings is 1. The number of pyridine rings is 1. The van der Waals surface area contributed by atoms with Crippen molar-refractivity contribution in [3.63, 3.8) is 0 Å². The van der Waals surface area contributed by atoms with E-state index in [0.29, 0.717) is 57.3 Å². The van der Waals surface area contributed by atoms with Crippen LogP contribution in [0.5, 0.6) is 11.5 Å². The third-order valence-corrected chi connectivity index (χ3v) is 14.9. The Balaban J connectivity index is 0.714. The summed E-state index contributed by atoms with van der Waals surface area (Å²) in [4.78, 5) is 88.1. The molecule has 9 rings (SSSR count). The second kappa shape index (κ2) is 17.4. The highest BCUT2D eigenvalue weighted by Crippen LogP contribution is 2.51. The number of nitrogens with one attached hydrogen (secondary N) is 2. The lowest BCUT2D eigenvalue weighted by Crippen LogP contribution is -2.63. The van der Waals surface area contributed by atoms with E-state index in [4.69, 9.17) is 9.47 Å². The fraction of sp³-hybridized carbons (Fsp3) is 0.489. The molecule has 64 heavy (non-hydrogen) atoms. The summed E-state index contributed by atoms with van der Waals surface area (Å²) in [6.45, 7) is 8.94. The molecule has 338 valence electrons. The number of piperazine rings is 1. The number of piperidine rings is 1. The lowest BCUT2D eigenvalue weighted by Gasteiger charge is -2.59. The summed E-state index contributed by atoms with van der Waals surface area (Å²) in [6, 6.07) is 10.0. The van der Waals surface area contributed by atoms with Gasteiger partial charge in [-0.25, -0.2) is 0 Å². The SMILES string of the molecule is COc1cc(-c2cn(C)c(=O)c3cc(C(=O)NCC4CC5(C4)CN(CCCN4CCN(c6ccc7c(c6)C(=O)N(C6CCC(=O)NC6=O)C7=O)CC4)C5)sc23)cc(OC)c1CN(C)C. The molecule has 1 spiro atoms. The molecule has 1 atom stereocenters. The molecule has 17 heteroatoms. The molecule has 2 aromatic carbocycles. The first-order chi connectivity index (χ1) is 30.7. The van der Waals surface area contributed by atoms with Crippen LogP contribution in [0.15, 0.2) is 47.4 Å². The molecule has 4 aliphatic heterocycles. The van der Waals surface area contributed by atoms with Crippen LogP contribution in [0.1, 0.15) is 68.1 Å². The lowest BCUT2D eigenvalue weighted by atomic mass is 9.57. The average molecular weight is 893 g/mol. The Morgan fingerprint density at radius 3 is 2.25 bits per heavy atom. The van der Waals surface area contributed by atoms with E-state index in [1.165, 1.54) is 11.3 Å². The number of hydrogen-bond donors (Lipinski definition) is 2. The third kappa shape index (κ3) is 8.18. The van der Waals surface area contributed by atoms with Crippen molar-refractivity contribution in [2.75, 3.05) is 92.1 Å². The minimum Gasteiger partial charge on any atom is -0.496 e. The van der Waals surface area contributed by atoms with Gasteiger partial charge in [0.2, 0.25) is 11.8 Å². The number of hydrogen-bond acceptors (Lipinski definition) is 13. The summed E-state index contributed by atoms with van der Waals surface area (Å²) in [5.41, 5.74) is 4.30. The number of fused-ring (bicyclic) bond motifs is 2. The molecule has 4 aromatic rings.